The number of rotatable bonds is 4. The molecule has 7 aromatic carbocycles. The first kappa shape index (κ1) is 27.4. The second-order valence-corrected chi connectivity index (χ2v) is 12.0. The Morgan fingerprint density at radius 2 is 0.917 bits per heavy atom. The number of benzene rings is 7. The number of para-hydroxylation sites is 3. The quantitative estimate of drug-likeness (QED) is 0.177. The smallest absolute Gasteiger partial charge is 0.189 e. The number of aromatic nitrogens is 2. The van der Waals surface area contributed by atoms with Gasteiger partial charge in [-0.05, 0) is 65.2 Å². The van der Waals surface area contributed by atoms with Crippen molar-refractivity contribution in [2.75, 3.05) is 0 Å². The molecule has 9 rings (SSSR count). The fraction of sp³-hybridized carbons (Fsp3) is 0. The van der Waals surface area contributed by atoms with Gasteiger partial charge in [0, 0.05) is 44.0 Å². The van der Waals surface area contributed by atoms with Crippen LogP contribution in [0.5, 0.6) is 0 Å². The Hall–Kier alpha value is -6.88. The van der Waals surface area contributed by atoms with E-state index in [1.54, 1.807) is 0 Å². The van der Waals surface area contributed by atoms with Crippen LogP contribution in [-0.2, 0) is 0 Å². The summed E-state index contributed by atoms with van der Waals surface area (Å²) in [5.74, 6) is 0. The van der Waals surface area contributed by atoms with Crippen molar-refractivity contribution in [3.63, 3.8) is 0 Å². The second kappa shape index (κ2) is 10.9. The van der Waals surface area contributed by atoms with Crippen LogP contribution in [0.2, 0.25) is 0 Å². The zero-order valence-electron chi connectivity index (χ0n) is 25.8. The predicted octanol–water partition coefficient (Wildman–Crippen LogP) is 12.3. The third-order valence-electron chi connectivity index (χ3n) is 9.35. The molecule has 0 aliphatic carbocycles. The van der Waals surface area contributed by atoms with Gasteiger partial charge >= 0.3 is 0 Å². The Labute approximate surface area is 277 Å². The molecule has 0 aliphatic rings. The summed E-state index contributed by atoms with van der Waals surface area (Å²) in [6.07, 6.45) is 0. The maximum Gasteiger partial charge on any atom is 0.189 e. The van der Waals surface area contributed by atoms with Crippen LogP contribution in [-0.4, -0.2) is 9.13 Å². The lowest BCUT2D eigenvalue weighted by Gasteiger charge is -2.16. The predicted molar refractivity (Wildman–Crippen MR) is 199 cm³/mol. The SMILES string of the molecule is [C-]#[N+]c1ccc(-c2cccc(-c3ccc(-n4c5ccccc5c5ccc([N+]#[C-])cc54)cc3)c2)c(-n2c3ccccc3c3ccccc32)c1. The number of hydrogen-bond donors (Lipinski definition) is 0. The van der Waals surface area contributed by atoms with Crippen molar-refractivity contribution >= 4 is 55.0 Å². The van der Waals surface area contributed by atoms with E-state index < -0.39 is 0 Å². The molecule has 0 aliphatic heterocycles. The van der Waals surface area contributed by atoms with Crippen molar-refractivity contribution < 1.29 is 0 Å². The highest BCUT2D eigenvalue weighted by molar-refractivity contribution is 6.11. The van der Waals surface area contributed by atoms with E-state index >= 15 is 0 Å². The van der Waals surface area contributed by atoms with Gasteiger partial charge in [0.25, 0.3) is 0 Å². The summed E-state index contributed by atoms with van der Waals surface area (Å²) in [7, 11) is 0. The van der Waals surface area contributed by atoms with Crippen molar-refractivity contribution in [1.82, 2.24) is 9.13 Å². The Bertz CT molecular complexity index is 2750. The molecular weight excluding hydrogens is 585 g/mol. The lowest BCUT2D eigenvalue weighted by molar-refractivity contribution is 1.18. The molecule has 9 aromatic rings. The molecule has 0 fully saturated rings. The molecule has 4 heteroatoms. The molecule has 0 atom stereocenters. The molecule has 4 nitrogen and oxygen atoms in total. The fourth-order valence-electron chi connectivity index (χ4n) is 7.18. The standard InChI is InChI=1S/C44H26N4/c1-45-32-20-24-35(43(27-32)48-41-16-7-4-12-36(41)37-13-5-8-17-42(37)48)31-11-9-10-30(26-31)29-18-22-34(23-19-29)47-40-15-6-3-14-38(40)39-25-21-33(46-2)28-44(39)47/h3-28H. The summed E-state index contributed by atoms with van der Waals surface area (Å²) < 4.78 is 4.54. The first-order valence-electron chi connectivity index (χ1n) is 15.8. The van der Waals surface area contributed by atoms with Crippen molar-refractivity contribution in [2.45, 2.75) is 0 Å². The molecule has 0 saturated carbocycles. The Kier molecular flexibility index (Phi) is 6.22. The van der Waals surface area contributed by atoms with Gasteiger partial charge in [-0.25, -0.2) is 9.69 Å². The summed E-state index contributed by atoms with van der Waals surface area (Å²) >= 11 is 0. The van der Waals surface area contributed by atoms with E-state index in [0.29, 0.717) is 11.4 Å². The Balaban J connectivity index is 1.17. The van der Waals surface area contributed by atoms with Crippen molar-refractivity contribution in [3.05, 3.63) is 181 Å². The average molecular weight is 611 g/mol. The van der Waals surface area contributed by atoms with Gasteiger partial charge in [-0.15, -0.1) is 0 Å². The number of nitrogens with zero attached hydrogens (tertiary/aromatic N) is 4. The molecular formula is C44H26N4. The van der Waals surface area contributed by atoms with E-state index in [-0.39, 0.29) is 0 Å². The van der Waals surface area contributed by atoms with Crippen LogP contribution in [0.15, 0.2) is 158 Å². The number of hydrogen-bond acceptors (Lipinski definition) is 0. The Morgan fingerprint density at radius 3 is 1.56 bits per heavy atom. The average Bonchev–Trinajstić information content (AvgIpc) is 3.67. The highest BCUT2D eigenvalue weighted by Crippen LogP contribution is 2.39. The lowest BCUT2D eigenvalue weighted by atomic mass is 9.97. The lowest BCUT2D eigenvalue weighted by Crippen LogP contribution is -1.97. The normalized spacial score (nSPS) is 11.3. The van der Waals surface area contributed by atoms with Crippen LogP contribution in [0.1, 0.15) is 0 Å². The van der Waals surface area contributed by atoms with Crippen LogP contribution in [0.25, 0.3) is 86.9 Å². The maximum atomic E-state index is 7.79. The van der Waals surface area contributed by atoms with E-state index in [4.69, 9.17) is 13.1 Å². The van der Waals surface area contributed by atoms with Gasteiger partial charge in [0.05, 0.1) is 29.7 Å². The second-order valence-electron chi connectivity index (χ2n) is 12.0. The van der Waals surface area contributed by atoms with E-state index in [1.165, 1.54) is 16.2 Å². The van der Waals surface area contributed by atoms with Crippen LogP contribution < -0.4 is 0 Å². The largest absolute Gasteiger partial charge is 0.311 e. The Morgan fingerprint density at radius 1 is 0.375 bits per heavy atom. The van der Waals surface area contributed by atoms with E-state index in [2.05, 4.69) is 152 Å². The van der Waals surface area contributed by atoms with Gasteiger partial charge in [0.15, 0.2) is 11.4 Å². The molecule has 0 spiro atoms. The maximum absolute atomic E-state index is 7.79. The van der Waals surface area contributed by atoms with Gasteiger partial charge in [-0.2, -0.15) is 0 Å². The topological polar surface area (TPSA) is 18.6 Å². The van der Waals surface area contributed by atoms with Crippen molar-refractivity contribution in [1.29, 1.82) is 0 Å². The van der Waals surface area contributed by atoms with Crippen LogP contribution in [0.3, 0.4) is 0 Å². The zero-order valence-corrected chi connectivity index (χ0v) is 25.8. The van der Waals surface area contributed by atoms with Gasteiger partial charge in [-0.3, -0.25) is 0 Å². The molecule has 0 unspecified atom stereocenters. The van der Waals surface area contributed by atoms with Crippen LogP contribution in [0.4, 0.5) is 11.4 Å². The minimum atomic E-state index is 0.607. The minimum Gasteiger partial charge on any atom is -0.311 e. The summed E-state index contributed by atoms with van der Waals surface area (Å²) in [6.45, 7) is 15.4. The molecule has 0 amide bonds. The molecule has 48 heavy (non-hydrogen) atoms. The molecule has 222 valence electrons. The van der Waals surface area contributed by atoms with Crippen molar-refractivity contribution in [3.8, 4) is 33.6 Å². The van der Waals surface area contributed by atoms with Crippen LogP contribution in [0, 0.1) is 13.1 Å². The summed E-state index contributed by atoms with van der Waals surface area (Å²) in [6, 6.07) is 54.6. The van der Waals surface area contributed by atoms with E-state index in [1.807, 2.05) is 24.3 Å². The molecule has 0 radical (unpaired) electrons. The van der Waals surface area contributed by atoms with Gasteiger partial charge in [-0.1, -0.05) is 109 Å². The van der Waals surface area contributed by atoms with Crippen molar-refractivity contribution in [2.24, 2.45) is 0 Å². The summed E-state index contributed by atoms with van der Waals surface area (Å²) in [4.78, 5) is 7.49. The molecule has 0 saturated heterocycles. The zero-order chi connectivity index (χ0) is 32.2. The first-order chi connectivity index (χ1) is 23.7. The minimum absolute atomic E-state index is 0.607. The molecule has 2 aromatic heterocycles. The van der Waals surface area contributed by atoms with E-state index in [0.717, 1.165) is 61.1 Å². The molecule has 0 bridgehead atoms. The summed E-state index contributed by atoms with van der Waals surface area (Å²) in [5, 5.41) is 4.69. The third-order valence-corrected chi connectivity index (χ3v) is 9.35. The first-order valence-corrected chi connectivity index (χ1v) is 15.8. The highest BCUT2D eigenvalue weighted by Gasteiger charge is 2.17. The monoisotopic (exact) mass is 610 g/mol. The third kappa shape index (κ3) is 4.22. The van der Waals surface area contributed by atoms with Gasteiger partial charge < -0.3 is 9.13 Å². The van der Waals surface area contributed by atoms with Gasteiger partial charge in [0.1, 0.15) is 0 Å². The molecule has 2 heterocycles. The number of fused-ring (bicyclic) bond motifs is 6. The highest BCUT2D eigenvalue weighted by atomic mass is 15.0. The van der Waals surface area contributed by atoms with E-state index in [9.17, 15) is 0 Å². The fourth-order valence-corrected chi connectivity index (χ4v) is 7.18. The van der Waals surface area contributed by atoms with Crippen LogP contribution >= 0.6 is 0 Å². The summed E-state index contributed by atoms with van der Waals surface area (Å²) in [5.41, 5.74) is 12.0. The van der Waals surface area contributed by atoms with Gasteiger partial charge in [0.2, 0.25) is 0 Å². The molecule has 0 N–H and O–H groups in total.